The third kappa shape index (κ3) is 2.28. The van der Waals surface area contributed by atoms with Crippen LogP contribution in [0.4, 0.5) is 5.69 Å². The van der Waals surface area contributed by atoms with Gasteiger partial charge in [-0.15, -0.1) is 0 Å². The molecule has 2 aromatic rings. The second kappa shape index (κ2) is 5.52. The Morgan fingerprint density at radius 1 is 0.909 bits per heavy atom. The van der Waals surface area contributed by atoms with E-state index in [1.807, 2.05) is 0 Å². The predicted molar refractivity (Wildman–Crippen MR) is 85.1 cm³/mol. The molecule has 0 spiro atoms. The lowest BCUT2D eigenvalue weighted by Crippen LogP contribution is -2.18. The molecule has 1 N–H and O–H groups in total. The molecule has 0 fully saturated rings. The molecule has 0 atom stereocenters. The maximum Gasteiger partial charge on any atom is 0.255 e. The van der Waals surface area contributed by atoms with Gasteiger partial charge in [-0.3, -0.25) is 14.8 Å². The first-order valence-electron chi connectivity index (χ1n) is 8.08. The largest absolute Gasteiger partial charge is 0.321 e. The summed E-state index contributed by atoms with van der Waals surface area (Å²) >= 11 is 0. The second-order valence-corrected chi connectivity index (χ2v) is 6.09. The number of anilines is 1. The Bertz CT molecular complexity index is 725. The quantitative estimate of drug-likeness (QED) is 0.925. The molecule has 2 aliphatic carbocycles. The van der Waals surface area contributed by atoms with Gasteiger partial charge < -0.3 is 5.32 Å². The van der Waals surface area contributed by atoms with Gasteiger partial charge in [0.05, 0.1) is 5.69 Å². The highest BCUT2D eigenvalue weighted by molar-refractivity contribution is 6.05. The Kier molecular flexibility index (Phi) is 3.37. The first-order chi connectivity index (χ1) is 10.8. The van der Waals surface area contributed by atoms with Crippen LogP contribution < -0.4 is 5.32 Å². The van der Waals surface area contributed by atoms with Crippen molar-refractivity contribution < 1.29 is 4.79 Å². The van der Waals surface area contributed by atoms with E-state index in [1.165, 1.54) is 35.4 Å². The van der Waals surface area contributed by atoms with Gasteiger partial charge in [0.2, 0.25) is 0 Å². The number of carbonyl (C=O) groups is 1. The minimum Gasteiger partial charge on any atom is -0.321 e. The fourth-order valence-electron chi connectivity index (χ4n) is 3.59. The SMILES string of the molecule is O=C(Nc1c2c(nc3c1CCC3)CCCC2)c1ccncc1. The number of nitrogens with zero attached hydrogens (tertiary/aromatic N) is 2. The molecular weight excluding hydrogens is 274 g/mol. The number of nitrogens with one attached hydrogen (secondary N) is 1. The number of pyridine rings is 2. The Balaban J connectivity index is 1.75. The summed E-state index contributed by atoms with van der Waals surface area (Å²) < 4.78 is 0. The highest BCUT2D eigenvalue weighted by atomic mass is 16.1. The van der Waals surface area contributed by atoms with Crippen LogP contribution in [0.2, 0.25) is 0 Å². The normalized spacial score (nSPS) is 16.0. The topological polar surface area (TPSA) is 54.9 Å². The Morgan fingerprint density at radius 2 is 1.55 bits per heavy atom. The van der Waals surface area contributed by atoms with Crippen molar-refractivity contribution in [1.29, 1.82) is 0 Å². The molecule has 2 heterocycles. The molecule has 4 rings (SSSR count). The van der Waals surface area contributed by atoms with Crippen molar-refractivity contribution in [3.63, 3.8) is 0 Å². The number of fused-ring (bicyclic) bond motifs is 2. The summed E-state index contributed by atoms with van der Waals surface area (Å²) in [6.07, 6.45) is 11.0. The maximum atomic E-state index is 12.5. The van der Waals surface area contributed by atoms with Crippen molar-refractivity contribution in [3.8, 4) is 0 Å². The number of rotatable bonds is 2. The summed E-state index contributed by atoms with van der Waals surface area (Å²) in [7, 11) is 0. The van der Waals surface area contributed by atoms with E-state index in [1.54, 1.807) is 24.5 Å². The molecule has 0 aliphatic heterocycles. The third-order valence-electron chi connectivity index (χ3n) is 4.68. The Morgan fingerprint density at radius 3 is 2.32 bits per heavy atom. The van der Waals surface area contributed by atoms with E-state index in [2.05, 4.69) is 10.3 Å². The standard InChI is InChI=1S/C18H19N3O/c22-18(12-8-10-19-11-9-12)21-17-13-4-1-2-6-15(13)20-16-7-3-5-14(16)17/h8-11H,1-7H2,(H,20,21,22). The molecule has 1 amide bonds. The van der Waals surface area contributed by atoms with Crippen LogP contribution in [0.5, 0.6) is 0 Å². The van der Waals surface area contributed by atoms with Gasteiger partial charge in [0.15, 0.2) is 0 Å². The molecule has 4 heteroatoms. The number of aromatic nitrogens is 2. The van der Waals surface area contributed by atoms with Gasteiger partial charge in [0, 0.05) is 29.3 Å². The molecule has 22 heavy (non-hydrogen) atoms. The summed E-state index contributed by atoms with van der Waals surface area (Å²) in [5, 5.41) is 3.18. The van der Waals surface area contributed by atoms with E-state index in [-0.39, 0.29) is 5.91 Å². The Hall–Kier alpha value is -2.23. The minimum absolute atomic E-state index is 0.0459. The summed E-state index contributed by atoms with van der Waals surface area (Å²) in [5.41, 5.74) is 6.65. The van der Waals surface area contributed by atoms with Crippen molar-refractivity contribution >= 4 is 11.6 Å². The first-order valence-corrected chi connectivity index (χ1v) is 8.08. The number of hydrogen-bond acceptors (Lipinski definition) is 3. The van der Waals surface area contributed by atoms with Gasteiger partial charge in [-0.2, -0.15) is 0 Å². The van der Waals surface area contributed by atoms with E-state index in [4.69, 9.17) is 4.98 Å². The molecule has 0 bridgehead atoms. The smallest absolute Gasteiger partial charge is 0.255 e. The van der Waals surface area contributed by atoms with Crippen molar-refractivity contribution in [1.82, 2.24) is 9.97 Å². The zero-order chi connectivity index (χ0) is 14.9. The fourth-order valence-corrected chi connectivity index (χ4v) is 3.59. The van der Waals surface area contributed by atoms with Crippen LogP contribution >= 0.6 is 0 Å². The van der Waals surface area contributed by atoms with Gasteiger partial charge in [0.1, 0.15) is 0 Å². The number of hydrogen-bond donors (Lipinski definition) is 1. The summed E-state index contributed by atoms with van der Waals surface area (Å²) in [4.78, 5) is 21.4. The summed E-state index contributed by atoms with van der Waals surface area (Å²) in [5.74, 6) is -0.0459. The number of carbonyl (C=O) groups excluding carboxylic acids is 1. The highest BCUT2D eigenvalue weighted by Gasteiger charge is 2.25. The average molecular weight is 293 g/mol. The lowest BCUT2D eigenvalue weighted by Gasteiger charge is -2.22. The second-order valence-electron chi connectivity index (χ2n) is 6.09. The first kappa shape index (κ1) is 13.4. The molecule has 0 unspecified atom stereocenters. The molecule has 0 saturated carbocycles. The van der Waals surface area contributed by atoms with Crippen molar-refractivity contribution in [3.05, 3.63) is 52.6 Å². The van der Waals surface area contributed by atoms with Gasteiger partial charge in [-0.25, -0.2) is 0 Å². The van der Waals surface area contributed by atoms with Crippen LogP contribution in [0.15, 0.2) is 24.5 Å². The molecule has 4 nitrogen and oxygen atoms in total. The van der Waals surface area contributed by atoms with Crippen molar-refractivity contribution in [2.45, 2.75) is 44.9 Å². The molecule has 2 aliphatic rings. The van der Waals surface area contributed by atoms with Crippen LogP contribution in [0.25, 0.3) is 0 Å². The minimum atomic E-state index is -0.0459. The maximum absolute atomic E-state index is 12.5. The van der Waals surface area contributed by atoms with Crippen LogP contribution in [0.1, 0.15) is 52.1 Å². The van der Waals surface area contributed by atoms with Gasteiger partial charge in [0.25, 0.3) is 5.91 Å². The van der Waals surface area contributed by atoms with E-state index < -0.39 is 0 Å². The van der Waals surface area contributed by atoms with E-state index in [0.717, 1.165) is 37.8 Å². The molecule has 0 saturated heterocycles. The van der Waals surface area contributed by atoms with Gasteiger partial charge >= 0.3 is 0 Å². The molecule has 2 aromatic heterocycles. The van der Waals surface area contributed by atoms with Crippen molar-refractivity contribution in [2.24, 2.45) is 0 Å². The molecule has 0 radical (unpaired) electrons. The molecule has 0 aromatic carbocycles. The van der Waals surface area contributed by atoms with E-state index in [0.29, 0.717) is 5.56 Å². The fraction of sp³-hybridized carbons (Fsp3) is 0.389. The molecular formula is C18H19N3O. The molecule has 112 valence electrons. The van der Waals surface area contributed by atoms with Crippen LogP contribution in [0.3, 0.4) is 0 Å². The zero-order valence-corrected chi connectivity index (χ0v) is 12.6. The van der Waals surface area contributed by atoms with E-state index >= 15 is 0 Å². The lowest BCUT2D eigenvalue weighted by molar-refractivity contribution is 0.102. The summed E-state index contributed by atoms with van der Waals surface area (Å²) in [6.45, 7) is 0. The lowest BCUT2D eigenvalue weighted by atomic mass is 9.92. The summed E-state index contributed by atoms with van der Waals surface area (Å²) in [6, 6.07) is 3.51. The number of aryl methyl sites for hydroxylation is 2. The average Bonchev–Trinajstić information content (AvgIpc) is 3.03. The van der Waals surface area contributed by atoms with Crippen molar-refractivity contribution in [2.75, 3.05) is 5.32 Å². The highest BCUT2D eigenvalue weighted by Crippen LogP contribution is 2.36. The monoisotopic (exact) mass is 293 g/mol. The van der Waals surface area contributed by atoms with Gasteiger partial charge in [-0.05, 0) is 68.2 Å². The Labute approximate surface area is 130 Å². The zero-order valence-electron chi connectivity index (χ0n) is 12.6. The van der Waals surface area contributed by atoms with Crippen LogP contribution in [-0.2, 0) is 25.7 Å². The third-order valence-corrected chi connectivity index (χ3v) is 4.68. The van der Waals surface area contributed by atoms with E-state index in [9.17, 15) is 4.79 Å². The van der Waals surface area contributed by atoms with Crippen LogP contribution in [-0.4, -0.2) is 15.9 Å². The number of amides is 1. The van der Waals surface area contributed by atoms with Gasteiger partial charge in [-0.1, -0.05) is 0 Å². The van der Waals surface area contributed by atoms with Crippen LogP contribution in [0, 0.1) is 0 Å². The predicted octanol–water partition coefficient (Wildman–Crippen LogP) is 3.10.